The first-order valence-corrected chi connectivity index (χ1v) is 9.55. The van der Waals surface area contributed by atoms with E-state index in [1.54, 1.807) is 36.4 Å². The van der Waals surface area contributed by atoms with Crippen LogP contribution < -0.4 is 9.64 Å². The van der Waals surface area contributed by atoms with E-state index in [-0.39, 0.29) is 47.8 Å². The van der Waals surface area contributed by atoms with Gasteiger partial charge in [0.1, 0.15) is 12.4 Å². The molecule has 1 saturated carbocycles. The Bertz CT molecular complexity index is 1020. The highest BCUT2D eigenvalue weighted by Gasteiger charge is 2.59. The zero-order chi connectivity index (χ0) is 20.1. The maximum atomic E-state index is 12.9. The van der Waals surface area contributed by atoms with Crippen molar-refractivity contribution in [3.05, 3.63) is 76.4 Å². The number of hydrogen-bond donors (Lipinski definition) is 0. The number of non-ortho nitro benzene ring substituents is 1. The molecule has 2 aromatic carbocycles. The van der Waals surface area contributed by atoms with E-state index in [4.69, 9.17) is 4.74 Å². The highest BCUT2D eigenvalue weighted by molar-refractivity contribution is 6.22. The number of fused-ring (bicyclic) bond motifs is 5. The average molecular weight is 390 g/mol. The van der Waals surface area contributed by atoms with Crippen LogP contribution in [0.2, 0.25) is 0 Å². The van der Waals surface area contributed by atoms with Gasteiger partial charge in [0.05, 0.1) is 22.4 Å². The summed E-state index contributed by atoms with van der Waals surface area (Å²) in [5, 5.41) is 10.7. The van der Waals surface area contributed by atoms with Gasteiger partial charge in [0.2, 0.25) is 11.8 Å². The summed E-state index contributed by atoms with van der Waals surface area (Å²) >= 11 is 0. The maximum Gasteiger partial charge on any atom is 0.269 e. The number of nitrogens with zero attached hydrogens (tertiary/aromatic N) is 2. The molecule has 2 bridgehead atoms. The molecule has 1 saturated heterocycles. The van der Waals surface area contributed by atoms with E-state index in [1.807, 2.05) is 0 Å². The van der Waals surface area contributed by atoms with Crippen molar-refractivity contribution in [3.63, 3.8) is 0 Å². The third-order valence-corrected chi connectivity index (χ3v) is 6.10. The predicted molar refractivity (Wildman–Crippen MR) is 104 cm³/mol. The van der Waals surface area contributed by atoms with Crippen LogP contribution >= 0.6 is 0 Å². The predicted octanol–water partition coefficient (Wildman–Crippen LogP) is 3.49. The Hall–Kier alpha value is -3.48. The van der Waals surface area contributed by atoms with Crippen LogP contribution in [0.3, 0.4) is 0 Å². The largest absolute Gasteiger partial charge is 0.489 e. The molecule has 7 nitrogen and oxygen atoms in total. The summed E-state index contributed by atoms with van der Waals surface area (Å²) < 4.78 is 5.78. The summed E-state index contributed by atoms with van der Waals surface area (Å²) in [4.78, 5) is 37.5. The van der Waals surface area contributed by atoms with Crippen molar-refractivity contribution >= 4 is 23.2 Å². The third-order valence-electron chi connectivity index (χ3n) is 6.10. The first-order valence-electron chi connectivity index (χ1n) is 9.55. The van der Waals surface area contributed by atoms with Gasteiger partial charge in [-0.15, -0.1) is 0 Å². The van der Waals surface area contributed by atoms with E-state index < -0.39 is 4.92 Å². The molecule has 0 radical (unpaired) electrons. The van der Waals surface area contributed by atoms with Gasteiger partial charge in [0.15, 0.2) is 0 Å². The molecule has 29 heavy (non-hydrogen) atoms. The Morgan fingerprint density at radius 2 is 1.66 bits per heavy atom. The van der Waals surface area contributed by atoms with Crippen LogP contribution in [0.25, 0.3) is 0 Å². The second kappa shape index (κ2) is 6.55. The normalized spacial score (nSPS) is 26.8. The van der Waals surface area contributed by atoms with Gasteiger partial charge in [-0.2, -0.15) is 0 Å². The van der Waals surface area contributed by atoms with Gasteiger partial charge >= 0.3 is 0 Å². The Balaban J connectivity index is 1.32. The lowest BCUT2D eigenvalue weighted by atomic mass is 9.85. The summed E-state index contributed by atoms with van der Waals surface area (Å²) in [6, 6.07) is 13.1. The van der Waals surface area contributed by atoms with Crippen LogP contribution in [-0.4, -0.2) is 16.7 Å². The fourth-order valence-electron chi connectivity index (χ4n) is 4.75. The Labute approximate surface area is 166 Å². The Kier molecular flexibility index (Phi) is 3.97. The minimum Gasteiger partial charge on any atom is -0.489 e. The van der Waals surface area contributed by atoms with Gasteiger partial charge in [-0.05, 0) is 48.1 Å². The number of allylic oxidation sites excluding steroid dienone is 2. The zero-order valence-electron chi connectivity index (χ0n) is 15.4. The molecule has 4 atom stereocenters. The average Bonchev–Trinajstić information content (AvgIpc) is 3.41. The fourth-order valence-corrected chi connectivity index (χ4v) is 4.75. The molecule has 1 aliphatic heterocycles. The van der Waals surface area contributed by atoms with E-state index in [0.29, 0.717) is 11.4 Å². The fraction of sp³-hybridized carbons (Fsp3) is 0.273. The minimum absolute atomic E-state index is 0.0239. The van der Waals surface area contributed by atoms with E-state index in [1.165, 1.54) is 17.0 Å². The number of benzene rings is 2. The van der Waals surface area contributed by atoms with Crippen molar-refractivity contribution in [1.82, 2.24) is 0 Å². The van der Waals surface area contributed by atoms with Crippen molar-refractivity contribution < 1.29 is 19.2 Å². The summed E-state index contributed by atoms with van der Waals surface area (Å²) in [5.74, 6) is 0.166. The van der Waals surface area contributed by atoms with Crippen molar-refractivity contribution in [2.45, 2.75) is 13.0 Å². The lowest BCUT2D eigenvalue weighted by molar-refractivity contribution is -0.384. The topological polar surface area (TPSA) is 89.8 Å². The number of imide groups is 1. The number of rotatable bonds is 5. The number of hydrogen-bond acceptors (Lipinski definition) is 5. The van der Waals surface area contributed by atoms with Crippen molar-refractivity contribution in [2.24, 2.45) is 23.7 Å². The second-order valence-electron chi connectivity index (χ2n) is 7.72. The number of carbonyl (C=O) groups excluding carboxylic acids is 2. The van der Waals surface area contributed by atoms with Gasteiger partial charge in [0, 0.05) is 18.2 Å². The molecule has 146 valence electrons. The second-order valence-corrected chi connectivity index (χ2v) is 7.72. The molecule has 2 aliphatic carbocycles. The smallest absolute Gasteiger partial charge is 0.269 e. The SMILES string of the molecule is O=C1C2C3C=CC(C3)C2C(=O)N1c1cccc(OCc2ccc([N+](=O)[O-])cc2)c1. The number of nitro benzene ring substituents is 1. The van der Waals surface area contributed by atoms with Crippen LogP contribution in [0, 0.1) is 33.8 Å². The molecule has 0 aromatic heterocycles. The molecule has 7 heteroatoms. The number of nitro groups is 1. The molecule has 0 spiro atoms. The van der Waals surface area contributed by atoms with Crippen LogP contribution in [0.5, 0.6) is 5.75 Å². The molecular formula is C22H18N2O5. The van der Waals surface area contributed by atoms with Gasteiger partial charge in [-0.25, -0.2) is 4.90 Å². The summed E-state index contributed by atoms with van der Waals surface area (Å²) in [7, 11) is 0. The Morgan fingerprint density at radius 3 is 2.28 bits per heavy atom. The molecule has 3 aliphatic rings. The number of carbonyl (C=O) groups is 2. The summed E-state index contributed by atoms with van der Waals surface area (Å²) in [6.07, 6.45) is 5.05. The molecule has 5 rings (SSSR count). The molecule has 2 amide bonds. The molecular weight excluding hydrogens is 372 g/mol. The molecule has 2 aromatic rings. The molecule has 1 heterocycles. The van der Waals surface area contributed by atoms with Crippen molar-refractivity contribution in [1.29, 1.82) is 0 Å². The Morgan fingerprint density at radius 1 is 1.00 bits per heavy atom. The lowest BCUT2D eigenvalue weighted by Crippen LogP contribution is -2.32. The number of anilines is 1. The maximum absolute atomic E-state index is 12.9. The minimum atomic E-state index is -0.449. The van der Waals surface area contributed by atoms with E-state index in [2.05, 4.69) is 12.2 Å². The number of ether oxygens (including phenoxy) is 1. The van der Waals surface area contributed by atoms with Gasteiger partial charge in [0.25, 0.3) is 5.69 Å². The van der Waals surface area contributed by atoms with Crippen LogP contribution in [0.15, 0.2) is 60.7 Å². The highest BCUT2D eigenvalue weighted by atomic mass is 16.6. The van der Waals surface area contributed by atoms with Crippen LogP contribution in [-0.2, 0) is 16.2 Å². The van der Waals surface area contributed by atoms with Gasteiger partial charge < -0.3 is 4.74 Å². The first-order chi connectivity index (χ1) is 14.0. The summed E-state index contributed by atoms with van der Waals surface area (Å²) in [6.45, 7) is 0.225. The molecule has 0 N–H and O–H groups in total. The van der Waals surface area contributed by atoms with E-state index in [9.17, 15) is 19.7 Å². The first kappa shape index (κ1) is 17.6. The highest BCUT2D eigenvalue weighted by Crippen LogP contribution is 2.53. The van der Waals surface area contributed by atoms with Crippen molar-refractivity contribution in [3.8, 4) is 5.75 Å². The standard InChI is InChI=1S/C22H18N2O5/c25-21-19-14-6-7-15(10-14)20(19)22(26)23(21)17-2-1-3-18(11-17)29-12-13-4-8-16(9-5-13)24(27)28/h1-9,11,14-15,19-20H,10,12H2. The lowest BCUT2D eigenvalue weighted by Gasteiger charge is -2.18. The monoisotopic (exact) mass is 390 g/mol. The molecule has 2 fully saturated rings. The quantitative estimate of drug-likeness (QED) is 0.337. The number of amides is 2. The zero-order valence-corrected chi connectivity index (χ0v) is 15.4. The third kappa shape index (κ3) is 2.81. The van der Waals surface area contributed by atoms with Crippen molar-refractivity contribution in [2.75, 3.05) is 4.90 Å². The van der Waals surface area contributed by atoms with Gasteiger partial charge in [-0.1, -0.05) is 18.2 Å². The van der Waals surface area contributed by atoms with Crippen LogP contribution in [0.1, 0.15) is 12.0 Å². The van der Waals surface area contributed by atoms with E-state index >= 15 is 0 Å². The molecule has 4 unspecified atom stereocenters. The summed E-state index contributed by atoms with van der Waals surface area (Å²) in [5.41, 5.74) is 1.33. The van der Waals surface area contributed by atoms with Gasteiger partial charge in [-0.3, -0.25) is 19.7 Å². The van der Waals surface area contributed by atoms with E-state index in [0.717, 1.165) is 12.0 Å². The van der Waals surface area contributed by atoms with Crippen LogP contribution in [0.4, 0.5) is 11.4 Å².